The van der Waals surface area contributed by atoms with Crippen LogP contribution in [0.2, 0.25) is 0 Å². The minimum Gasteiger partial charge on any atom is -0.357 e. The monoisotopic (exact) mass is 438 g/mol. The van der Waals surface area contributed by atoms with Crippen LogP contribution in [0.5, 0.6) is 0 Å². The van der Waals surface area contributed by atoms with Crippen molar-refractivity contribution in [3.63, 3.8) is 0 Å². The number of rotatable bonds is 2. The SMILES string of the molecule is CC1(C)c2ccc(N3CCC[C@@]3(C)N3CCCC3)cc2C(=O)c2c1[nH]c1cc(C#N)ccc21. The van der Waals surface area contributed by atoms with Gasteiger partial charge in [0, 0.05) is 52.9 Å². The number of nitrogens with one attached hydrogen (secondary N) is 1. The van der Waals surface area contributed by atoms with Crippen LogP contribution < -0.4 is 4.90 Å². The number of likely N-dealkylation sites (tertiary alicyclic amines) is 1. The fraction of sp³-hybridized carbons (Fsp3) is 0.429. The summed E-state index contributed by atoms with van der Waals surface area (Å²) in [5, 5.41) is 10.2. The van der Waals surface area contributed by atoms with E-state index in [1.54, 1.807) is 6.07 Å². The average molecular weight is 439 g/mol. The van der Waals surface area contributed by atoms with E-state index in [1.807, 2.05) is 12.1 Å². The summed E-state index contributed by atoms with van der Waals surface area (Å²) in [6.07, 6.45) is 4.89. The van der Waals surface area contributed by atoms with Crippen molar-refractivity contribution in [3.05, 3.63) is 64.3 Å². The molecule has 0 unspecified atom stereocenters. The van der Waals surface area contributed by atoms with Gasteiger partial charge >= 0.3 is 0 Å². The molecule has 5 nitrogen and oxygen atoms in total. The zero-order valence-electron chi connectivity index (χ0n) is 19.7. The van der Waals surface area contributed by atoms with E-state index in [9.17, 15) is 10.1 Å². The number of hydrogen-bond acceptors (Lipinski definition) is 4. The number of hydrogen-bond donors (Lipinski definition) is 1. The van der Waals surface area contributed by atoms with Crippen LogP contribution in [-0.2, 0) is 5.41 Å². The van der Waals surface area contributed by atoms with Crippen LogP contribution in [0.25, 0.3) is 10.9 Å². The quantitative estimate of drug-likeness (QED) is 0.588. The Labute approximate surface area is 195 Å². The van der Waals surface area contributed by atoms with E-state index in [0.29, 0.717) is 5.56 Å². The Kier molecular flexibility index (Phi) is 4.32. The molecule has 33 heavy (non-hydrogen) atoms. The van der Waals surface area contributed by atoms with Gasteiger partial charge in [-0.2, -0.15) is 5.26 Å². The van der Waals surface area contributed by atoms with Gasteiger partial charge in [-0.3, -0.25) is 9.69 Å². The molecule has 1 atom stereocenters. The minimum atomic E-state index is -0.327. The second kappa shape index (κ2) is 6.95. The van der Waals surface area contributed by atoms with Crippen LogP contribution in [-0.4, -0.2) is 41.0 Å². The van der Waals surface area contributed by atoms with Crippen LogP contribution in [0, 0.1) is 11.3 Å². The maximum atomic E-state index is 13.9. The largest absolute Gasteiger partial charge is 0.357 e. The van der Waals surface area contributed by atoms with Crippen LogP contribution in [0.3, 0.4) is 0 Å². The normalized spacial score (nSPS) is 24.2. The molecule has 3 aliphatic rings. The first-order valence-corrected chi connectivity index (χ1v) is 12.1. The summed E-state index contributed by atoms with van der Waals surface area (Å²) in [7, 11) is 0. The smallest absolute Gasteiger partial charge is 0.195 e. The minimum absolute atomic E-state index is 0.0254. The summed E-state index contributed by atoms with van der Waals surface area (Å²) in [5.74, 6) is 0.0826. The van der Waals surface area contributed by atoms with Gasteiger partial charge in [-0.1, -0.05) is 26.0 Å². The molecule has 0 amide bonds. The number of ketones is 1. The Hall–Kier alpha value is -3.10. The molecule has 5 heteroatoms. The van der Waals surface area contributed by atoms with Crippen molar-refractivity contribution >= 4 is 22.4 Å². The lowest BCUT2D eigenvalue weighted by atomic mass is 9.71. The van der Waals surface area contributed by atoms with E-state index < -0.39 is 0 Å². The van der Waals surface area contributed by atoms with E-state index in [2.05, 4.69) is 59.8 Å². The van der Waals surface area contributed by atoms with Crippen molar-refractivity contribution in [1.82, 2.24) is 9.88 Å². The predicted molar refractivity (Wildman–Crippen MR) is 131 cm³/mol. The number of fused-ring (bicyclic) bond motifs is 4. The Balaban J connectivity index is 1.48. The molecule has 1 aliphatic carbocycles. The van der Waals surface area contributed by atoms with Crippen molar-refractivity contribution in [2.75, 3.05) is 24.5 Å². The molecule has 6 rings (SSSR count). The second-order valence-electron chi connectivity index (χ2n) is 10.6. The van der Waals surface area contributed by atoms with Crippen LogP contribution in [0.4, 0.5) is 5.69 Å². The first-order chi connectivity index (χ1) is 15.8. The highest BCUT2D eigenvalue weighted by Gasteiger charge is 2.44. The molecule has 2 saturated heterocycles. The summed E-state index contributed by atoms with van der Waals surface area (Å²) in [6.45, 7) is 10.1. The lowest BCUT2D eigenvalue weighted by molar-refractivity contribution is 0.103. The van der Waals surface area contributed by atoms with Gasteiger partial charge in [0.25, 0.3) is 0 Å². The summed E-state index contributed by atoms with van der Waals surface area (Å²) >= 11 is 0. The van der Waals surface area contributed by atoms with Crippen molar-refractivity contribution in [1.29, 1.82) is 5.26 Å². The third-order valence-corrected chi connectivity index (χ3v) is 8.41. The number of benzene rings is 2. The van der Waals surface area contributed by atoms with Gasteiger partial charge in [0.05, 0.1) is 22.9 Å². The number of carbonyl (C=O) groups excluding carboxylic acids is 1. The predicted octanol–water partition coefficient (Wildman–Crippen LogP) is 5.32. The Morgan fingerprint density at radius 1 is 1.00 bits per heavy atom. The first kappa shape index (κ1) is 20.5. The van der Waals surface area contributed by atoms with Gasteiger partial charge < -0.3 is 9.88 Å². The molecule has 1 aromatic heterocycles. The zero-order chi connectivity index (χ0) is 23.0. The van der Waals surface area contributed by atoms with Gasteiger partial charge in [-0.25, -0.2) is 0 Å². The fourth-order valence-corrected chi connectivity index (χ4v) is 6.56. The zero-order valence-corrected chi connectivity index (χ0v) is 19.7. The number of aromatic nitrogens is 1. The fourth-order valence-electron chi connectivity index (χ4n) is 6.56. The molecular formula is C28H30N4O. The van der Waals surface area contributed by atoms with E-state index in [0.717, 1.165) is 65.0 Å². The van der Waals surface area contributed by atoms with Gasteiger partial charge in [0.15, 0.2) is 5.78 Å². The topological polar surface area (TPSA) is 63.1 Å². The highest BCUT2D eigenvalue weighted by molar-refractivity contribution is 6.20. The van der Waals surface area contributed by atoms with Gasteiger partial charge in [0.1, 0.15) is 0 Å². The molecule has 0 bridgehead atoms. The summed E-state index contributed by atoms with van der Waals surface area (Å²) < 4.78 is 0. The number of nitrogens with zero attached hydrogens (tertiary/aromatic N) is 3. The summed E-state index contributed by atoms with van der Waals surface area (Å²) in [5.41, 5.74) is 5.89. The van der Waals surface area contributed by atoms with Gasteiger partial charge in [-0.15, -0.1) is 0 Å². The second-order valence-corrected chi connectivity index (χ2v) is 10.6. The standard InChI is InChI=1S/C28H30N4O/c1-27(2)22-10-8-19(32-14-6-11-28(32,3)31-12-4-5-13-31)16-21(22)25(33)24-20-9-7-18(17-29)15-23(20)30-26(24)27/h7-10,15-16,30H,4-6,11-14H2,1-3H3/t28-/m0/s1. The van der Waals surface area contributed by atoms with Gasteiger partial charge in [0.2, 0.25) is 0 Å². The number of carbonyl (C=O) groups is 1. The van der Waals surface area contributed by atoms with E-state index in [1.165, 1.54) is 19.3 Å². The molecule has 2 fully saturated rings. The molecule has 3 aromatic rings. The molecule has 168 valence electrons. The number of aromatic amines is 1. The van der Waals surface area contributed by atoms with Crippen molar-refractivity contribution in [3.8, 4) is 6.07 Å². The maximum Gasteiger partial charge on any atom is 0.195 e. The Morgan fingerprint density at radius 2 is 1.79 bits per heavy atom. The van der Waals surface area contributed by atoms with E-state index >= 15 is 0 Å². The van der Waals surface area contributed by atoms with Crippen LogP contribution in [0.15, 0.2) is 36.4 Å². The highest BCUT2D eigenvalue weighted by Crippen LogP contribution is 2.46. The van der Waals surface area contributed by atoms with Crippen molar-refractivity contribution < 1.29 is 4.79 Å². The molecule has 1 N–H and O–H groups in total. The number of nitriles is 1. The first-order valence-electron chi connectivity index (χ1n) is 12.1. The third kappa shape index (κ3) is 2.77. The third-order valence-electron chi connectivity index (χ3n) is 8.41. The molecule has 2 aliphatic heterocycles. The molecule has 0 radical (unpaired) electrons. The van der Waals surface area contributed by atoms with Crippen LogP contribution >= 0.6 is 0 Å². The lowest BCUT2D eigenvalue weighted by Crippen LogP contribution is -2.54. The summed E-state index contributed by atoms with van der Waals surface area (Å²) in [4.78, 5) is 22.5. The van der Waals surface area contributed by atoms with Crippen molar-refractivity contribution in [2.45, 2.75) is 57.5 Å². The van der Waals surface area contributed by atoms with Crippen molar-refractivity contribution in [2.24, 2.45) is 0 Å². The molecule has 0 saturated carbocycles. The Bertz CT molecular complexity index is 1340. The summed E-state index contributed by atoms with van der Waals surface area (Å²) in [6, 6.07) is 14.3. The van der Waals surface area contributed by atoms with E-state index in [4.69, 9.17) is 0 Å². The highest BCUT2D eigenvalue weighted by atomic mass is 16.1. The lowest BCUT2D eigenvalue weighted by Gasteiger charge is -2.44. The van der Waals surface area contributed by atoms with Crippen LogP contribution in [0.1, 0.15) is 79.2 Å². The molecular weight excluding hydrogens is 408 g/mol. The maximum absolute atomic E-state index is 13.9. The number of anilines is 1. The number of H-pyrrole nitrogens is 1. The van der Waals surface area contributed by atoms with Gasteiger partial charge in [-0.05, 0) is 62.4 Å². The van der Waals surface area contributed by atoms with E-state index in [-0.39, 0.29) is 16.9 Å². The average Bonchev–Trinajstić information content (AvgIpc) is 3.56. The Morgan fingerprint density at radius 3 is 2.55 bits per heavy atom. The molecule has 2 aromatic carbocycles. The molecule has 0 spiro atoms. The molecule has 3 heterocycles.